The van der Waals surface area contributed by atoms with Crippen molar-refractivity contribution < 1.29 is 13.6 Å². The quantitative estimate of drug-likeness (QED) is 0.223. The molecular formula is C38H47O3P. The zero-order chi connectivity index (χ0) is 31.5. The first kappa shape index (κ1) is 33.0. The highest BCUT2D eigenvalue weighted by Crippen LogP contribution is 2.49. The van der Waals surface area contributed by atoms with Crippen LogP contribution in [0.2, 0.25) is 0 Å². The summed E-state index contributed by atoms with van der Waals surface area (Å²) in [5, 5.41) is 0. The van der Waals surface area contributed by atoms with Crippen LogP contribution < -0.4 is 13.6 Å². The SMILES string of the molecule is C=Cc1ccc(OP(Oc2ccc(C=C)cc2C(C)(C)C)Oc2cc(C=C)c(C=C)cc2C(C)(C)C)c(C(C)(C)C)c1. The van der Waals surface area contributed by atoms with Gasteiger partial charge >= 0.3 is 8.60 Å². The van der Waals surface area contributed by atoms with Crippen molar-refractivity contribution in [1.29, 1.82) is 0 Å². The normalized spacial score (nSPS) is 12.0. The number of hydrogen-bond donors (Lipinski definition) is 0. The molecule has 0 aliphatic heterocycles. The van der Waals surface area contributed by atoms with Gasteiger partial charge in [-0.2, -0.15) is 0 Å². The molecule has 3 aromatic carbocycles. The highest BCUT2D eigenvalue weighted by molar-refractivity contribution is 7.43. The molecule has 0 radical (unpaired) electrons. The molecule has 3 rings (SSSR count). The summed E-state index contributed by atoms with van der Waals surface area (Å²) in [5.41, 5.74) is 6.52. The molecule has 0 aliphatic carbocycles. The van der Waals surface area contributed by atoms with Gasteiger partial charge in [0.2, 0.25) is 0 Å². The zero-order valence-electron chi connectivity index (χ0n) is 26.9. The molecule has 0 N–H and O–H groups in total. The standard InChI is InChI=1S/C38H47O3P/c1-14-26-18-20-33(30(22-26)36(5,6)7)39-42(40-34-21-19-27(15-2)23-31(34)37(8,9)10)41-35-25-29(17-4)28(16-3)24-32(35)38(11,12)13/h14-25H,1-4H2,5-13H3. The average Bonchev–Trinajstić information content (AvgIpc) is 2.91. The lowest BCUT2D eigenvalue weighted by molar-refractivity contribution is 0.372. The van der Waals surface area contributed by atoms with Crippen molar-refractivity contribution in [3.63, 3.8) is 0 Å². The molecule has 0 atom stereocenters. The third kappa shape index (κ3) is 7.84. The molecule has 3 nitrogen and oxygen atoms in total. The molecular weight excluding hydrogens is 535 g/mol. The molecule has 0 heterocycles. The van der Waals surface area contributed by atoms with Gasteiger partial charge < -0.3 is 13.6 Å². The van der Waals surface area contributed by atoms with Gasteiger partial charge in [0.05, 0.1) is 0 Å². The third-order valence-electron chi connectivity index (χ3n) is 7.05. The molecule has 0 saturated carbocycles. The molecule has 3 aromatic rings. The van der Waals surface area contributed by atoms with Gasteiger partial charge in [-0.15, -0.1) is 0 Å². The van der Waals surface area contributed by atoms with E-state index in [0.717, 1.165) is 38.9 Å². The van der Waals surface area contributed by atoms with Gasteiger partial charge in [0.25, 0.3) is 0 Å². The van der Waals surface area contributed by atoms with Crippen LogP contribution in [0.3, 0.4) is 0 Å². The van der Waals surface area contributed by atoms with Crippen LogP contribution in [0.5, 0.6) is 17.2 Å². The predicted octanol–water partition coefficient (Wildman–Crippen LogP) is 11.9. The van der Waals surface area contributed by atoms with E-state index < -0.39 is 8.60 Å². The summed E-state index contributed by atoms with van der Waals surface area (Å²) in [6.07, 6.45) is 7.36. The maximum Gasteiger partial charge on any atom is 0.530 e. The second-order valence-electron chi connectivity index (χ2n) is 13.6. The van der Waals surface area contributed by atoms with Crippen molar-refractivity contribution in [3.05, 3.63) is 114 Å². The molecule has 0 aliphatic rings. The molecule has 0 bridgehead atoms. The van der Waals surface area contributed by atoms with Crippen LogP contribution in [0, 0.1) is 0 Å². The van der Waals surface area contributed by atoms with Gasteiger partial charge in [-0.1, -0.05) is 125 Å². The lowest BCUT2D eigenvalue weighted by Gasteiger charge is -2.29. The van der Waals surface area contributed by atoms with Crippen molar-refractivity contribution in [1.82, 2.24) is 0 Å². The van der Waals surface area contributed by atoms with Gasteiger partial charge in [0, 0.05) is 16.7 Å². The number of hydrogen-bond acceptors (Lipinski definition) is 3. The molecule has 42 heavy (non-hydrogen) atoms. The van der Waals surface area contributed by atoms with E-state index in [1.165, 1.54) is 0 Å². The lowest BCUT2D eigenvalue weighted by Crippen LogP contribution is -2.17. The Balaban J connectivity index is 2.23. The van der Waals surface area contributed by atoms with Crippen LogP contribution in [0.25, 0.3) is 24.3 Å². The minimum Gasteiger partial charge on any atom is -0.408 e. The Morgan fingerprint density at radius 1 is 0.476 bits per heavy atom. The van der Waals surface area contributed by atoms with Crippen molar-refractivity contribution in [2.45, 2.75) is 78.6 Å². The summed E-state index contributed by atoms with van der Waals surface area (Å²) in [4.78, 5) is 0. The van der Waals surface area contributed by atoms with Gasteiger partial charge in [-0.25, -0.2) is 0 Å². The predicted molar refractivity (Wildman–Crippen MR) is 185 cm³/mol. The van der Waals surface area contributed by atoms with E-state index in [2.05, 4.69) is 107 Å². The van der Waals surface area contributed by atoms with E-state index in [9.17, 15) is 0 Å². The third-order valence-corrected chi connectivity index (χ3v) is 8.08. The monoisotopic (exact) mass is 582 g/mol. The Kier molecular flexibility index (Phi) is 10.0. The van der Waals surface area contributed by atoms with Crippen molar-refractivity contribution >= 4 is 32.9 Å². The Morgan fingerprint density at radius 2 is 0.833 bits per heavy atom. The van der Waals surface area contributed by atoms with E-state index in [0.29, 0.717) is 17.2 Å². The Bertz CT molecular complexity index is 1400. The van der Waals surface area contributed by atoms with E-state index >= 15 is 0 Å². The van der Waals surface area contributed by atoms with Gasteiger partial charge in [-0.05, 0) is 74.9 Å². The summed E-state index contributed by atoms with van der Waals surface area (Å²) < 4.78 is 20.2. The highest BCUT2D eigenvalue weighted by atomic mass is 31.2. The number of rotatable bonds is 10. The zero-order valence-corrected chi connectivity index (χ0v) is 27.8. The molecule has 0 spiro atoms. The minimum absolute atomic E-state index is 0.185. The van der Waals surface area contributed by atoms with Crippen LogP contribution in [-0.4, -0.2) is 0 Å². The fourth-order valence-corrected chi connectivity index (χ4v) is 5.67. The van der Waals surface area contributed by atoms with Gasteiger partial charge in [-0.3, -0.25) is 0 Å². The van der Waals surface area contributed by atoms with Crippen molar-refractivity contribution in [2.24, 2.45) is 0 Å². The average molecular weight is 583 g/mol. The second kappa shape index (κ2) is 12.8. The topological polar surface area (TPSA) is 27.7 Å². The Morgan fingerprint density at radius 3 is 1.19 bits per heavy atom. The smallest absolute Gasteiger partial charge is 0.408 e. The fourth-order valence-electron chi connectivity index (χ4n) is 4.60. The van der Waals surface area contributed by atoms with Crippen LogP contribution in [-0.2, 0) is 16.2 Å². The van der Waals surface area contributed by atoms with Crippen LogP contribution in [0.15, 0.2) is 74.8 Å². The van der Waals surface area contributed by atoms with E-state index in [-0.39, 0.29) is 16.2 Å². The molecule has 0 saturated heterocycles. The van der Waals surface area contributed by atoms with E-state index in [4.69, 9.17) is 13.6 Å². The second-order valence-corrected chi connectivity index (χ2v) is 14.5. The first-order valence-electron chi connectivity index (χ1n) is 14.3. The molecule has 0 amide bonds. The molecule has 0 aromatic heterocycles. The van der Waals surface area contributed by atoms with Crippen molar-refractivity contribution in [3.8, 4) is 17.2 Å². The Labute approximate surface area is 255 Å². The first-order valence-corrected chi connectivity index (χ1v) is 15.4. The molecule has 222 valence electrons. The maximum atomic E-state index is 6.77. The molecule has 0 fully saturated rings. The van der Waals surface area contributed by atoms with Crippen molar-refractivity contribution in [2.75, 3.05) is 0 Å². The molecule has 0 unspecified atom stereocenters. The fraction of sp³-hybridized carbons (Fsp3) is 0.316. The summed E-state index contributed by atoms with van der Waals surface area (Å²) in [6, 6.07) is 16.3. The first-order chi connectivity index (χ1) is 19.5. The van der Waals surface area contributed by atoms with E-state index in [1.807, 2.05) is 54.6 Å². The Hall–Kier alpha value is -3.55. The van der Waals surface area contributed by atoms with Gasteiger partial charge in [0.15, 0.2) is 0 Å². The summed E-state index contributed by atoms with van der Waals surface area (Å²) in [5.74, 6) is 2.11. The summed E-state index contributed by atoms with van der Waals surface area (Å²) in [6.45, 7) is 35.4. The summed E-state index contributed by atoms with van der Waals surface area (Å²) in [7, 11) is -1.95. The van der Waals surface area contributed by atoms with Gasteiger partial charge in [0.1, 0.15) is 17.2 Å². The van der Waals surface area contributed by atoms with E-state index in [1.54, 1.807) is 0 Å². The van der Waals surface area contributed by atoms with Crippen LogP contribution in [0.4, 0.5) is 0 Å². The lowest BCUT2D eigenvalue weighted by atomic mass is 9.84. The van der Waals surface area contributed by atoms with Crippen LogP contribution in [0.1, 0.15) is 101 Å². The molecule has 4 heteroatoms. The largest absolute Gasteiger partial charge is 0.530 e. The van der Waals surface area contributed by atoms with Crippen LogP contribution >= 0.6 is 8.60 Å². The minimum atomic E-state index is -1.95. The maximum absolute atomic E-state index is 6.77. The number of benzene rings is 3. The highest BCUT2D eigenvalue weighted by Gasteiger charge is 2.31. The summed E-state index contributed by atoms with van der Waals surface area (Å²) >= 11 is 0.